The Kier molecular flexibility index (Phi) is 5.20. The first-order valence-corrected chi connectivity index (χ1v) is 9.70. The summed E-state index contributed by atoms with van der Waals surface area (Å²) in [4.78, 5) is 16.8. The summed E-state index contributed by atoms with van der Waals surface area (Å²) in [6.07, 6.45) is 0. The SMILES string of the molecule is Cc1ccc(C(=O)NC(=S)Nc2cc(C)c(O)c(-c3nc4ccccc4o3)c2)cc1. The number of nitrogens with one attached hydrogen (secondary N) is 2. The van der Waals surface area contributed by atoms with Gasteiger partial charge in [0, 0.05) is 11.3 Å². The van der Waals surface area contributed by atoms with E-state index in [-0.39, 0.29) is 16.8 Å². The summed E-state index contributed by atoms with van der Waals surface area (Å²) in [5, 5.41) is 16.3. The van der Waals surface area contributed by atoms with Gasteiger partial charge in [0.2, 0.25) is 5.89 Å². The van der Waals surface area contributed by atoms with Gasteiger partial charge in [-0.25, -0.2) is 4.98 Å². The molecular formula is C23H19N3O3S. The summed E-state index contributed by atoms with van der Waals surface area (Å²) in [6.45, 7) is 3.72. The van der Waals surface area contributed by atoms with Crippen molar-refractivity contribution in [2.45, 2.75) is 13.8 Å². The van der Waals surface area contributed by atoms with Crippen molar-refractivity contribution in [2.75, 3.05) is 5.32 Å². The molecule has 0 aliphatic rings. The molecule has 1 aromatic heterocycles. The lowest BCUT2D eigenvalue weighted by molar-refractivity contribution is 0.0977. The number of carbonyl (C=O) groups is 1. The van der Waals surface area contributed by atoms with Crippen LogP contribution >= 0.6 is 12.2 Å². The van der Waals surface area contributed by atoms with Gasteiger partial charge in [-0.1, -0.05) is 29.8 Å². The van der Waals surface area contributed by atoms with Gasteiger partial charge >= 0.3 is 0 Å². The number of carbonyl (C=O) groups excluding carboxylic acids is 1. The Labute approximate surface area is 178 Å². The van der Waals surface area contributed by atoms with Crippen molar-refractivity contribution in [3.8, 4) is 17.2 Å². The van der Waals surface area contributed by atoms with Gasteiger partial charge in [-0.2, -0.15) is 0 Å². The highest BCUT2D eigenvalue weighted by atomic mass is 32.1. The van der Waals surface area contributed by atoms with Gasteiger partial charge < -0.3 is 14.8 Å². The van der Waals surface area contributed by atoms with Crippen LogP contribution in [0.5, 0.6) is 5.75 Å². The molecule has 30 heavy (non-hydrogen) atoms. The second kappa shape index (κ2) is 7.96. The maximum Gasteiger partial charge on any atom is 0.257 e. The zero-order valence-electron chi connectivity index (χ0n) is 16.4. The highest BCUT2D eigenvalue weighted by Gasteiger charge is 2.16. The highest BCUT2D eigenvalue weighted by Crippen LogP contribution is 2.36. The molecule has 0 radical (unpaired) electrons. The lowest BCUT2D eigenvalue weighted by Gasteiger charge is -2.12. The summed E-state index contributed by atoms with van der Waals surface area (Å²) < 4.78 is 5.78. The fourth-order valence-corrected chi connectivity index (χ4v) is 3.26. The van der Waals surface area contributed by atoms with Crippen LogP contribution in [0.1, 0.15) is 21.5 Å². The smallest absolute Gasteiger partial charge is 0.257 e. The van der Waals surface area contributed by atoms with E-state index in [0.29, 0.717) is 39.4 Å². The molecular weight excluding hydrogens is 398 g/mol. The van der Waals surface area contributed by atoms with Crippen molar-refractivity contribution in [3.05, 3.63) is 77.4 Å². The number of oxazole rings is 1. The summed E-state index contributed by atoms with van der Waals surface area (Å²) in [5.41, 5.74) is 4.55. The van der Waals surface area contributed by atoms with E-state index >= 15 is 0 Å². The maximum atomic E-state index is 12.4. The third-order valence-corrected chi connectivity index (χ3v) is 4.83. The van der Waals surface area contributed by atoms with Gasteiger partial charge in [0.25, 0.3) is 5.91 Å². The Morgan fingerprint density at radius 3 is 2.53 bits per heavy atom. The monoisotopic (exact) mass is 417 g/mol. The first-order valence-electron chi connectivity index (χ1n) is 9.29. The zero-order valence-corrected chi connectivity index (χ0v) is 17.2. The van der Waals surface area contributed by atoms with Gasteiger partial charge in [0.15, 0.2) is 10.7 Å². The Morgan fingerprint density at radius 2 is 1.80 bits per heavy atom. The van der Waals surface area contributed by atoms with Crippen LogP contribution in [0.2, 0.25) is 0 Å². The average molecular weight is 417 g/mol. The van der Waals surface area contributed by atoms with Gasteiger partial charge in [-0.05, 0) is 68.0 Å². The van der Waals surface area contributed by atoms with Crippen molar-refractivity contribution >= 4 is 40.0 Å². The lowest BCUT2D eigenvalue weighted by atomic mass is 10.1. The largest absolute Gasteiger partial charge is 0.507 e. The van der Waals surface area contributed by atoms with E-state index in [1.54, 1.807) is 31.2 Å². The molecule has 4 rings (SSSR count). The predicted octanol–water partition coefficient (Wildman–Crippen LogP) is 4.94. The number of hydrogen-bond acceptors (Lipinski definition) is 5. The second-order valence-corrected chi connectivity index (χ2v) is 7.36. The predicted molar refractivity (Wildman–Crippen MR) is 121 cm³/mol. The minimum absolute atomic E-state index is 0.0710. The van der Waals surface area contributed by atoms with E-state index in [9.17, 15) is 9.90 Å². The quantitative estimate of drug-likeness (QED) is 0.323. The number of phenolic OH excluding ortho intramolecular Hbond substituents is 1. The van der Waals surface area contributed by atoms with E-state index in [2.05, 4.69) is 15.6 Å². The Morgan fingerprint density at radius 1 is 1.07 bits per heavy atom. The van der Waals surface area contributed by atoms with Crippen LogP contribution in [0.3, 0.4) is 0 Å². The normalized spacial score (nSPS) is 10.7. The van der Waals surface area contributed by atoms with Gasteiger partial charge in [0.05, 0.1) is 5.56 Å². The maximum absolute atomic E-state index is 12.4. The molecule has 0 saturated heterocycles. The number of aromatic nitrogens is 1. The van der Waals surface area contributed by atoms with Crippen LogP contribution in [0.25, 0.3) is 22.6 Å². The molecule has 7 heteroatoms. The number of anilines is 1. The Hall–Kier alpha value is -3.71. The van der Waals surface area contributed by atoms with Crippen LogP contribution < -0.4 is 10.6 Å². The summed E-state index contributed by atoms with van der Waals surface area (Å²) in [5.74, 6) is 0.0685. The molecule has 1 amide bonds. The summed E-state index contributed by atoms with van der Waals surface area (Å²) in [7, 11) is 0. The molecule has 0 bridgehead atoms. The highest BCUT2D eigenvalue weighted by molar-refractivity contribution is 7.80. The molecule has 150 valence electrons. The zero-order chi connectivity index (χ0) is 21.3. The number of benzene rings is 3. The molecule has 6 nitrogen and oxygen atoms in total. The molecule has 0 fully saturated rings. The molecule has 0 unspecified atom stereocenters. The van der Waals surface area contributed by atoms with Crippen molar-refractivity contribution < 1.29 is 14.3 Å². The lowest BCUT2D eigenvalue weighted by Crippen LogP contribution is -2.34. The third-order valence-electron chi connectivity index (χ3n) is 4.62. The number of rotatable bonds is 3. The minimum atomic E-state index is -0.304. The van der Waals surface area contributed by atoms with Crippen LogP contribution in [0.4, 0.5) is 5.69 Å². The number of thiocarbonyl (C=S) groups is 1. The van der Waals surface area contributed by atoms with Gasteiger partial charge in [-0.15, -0.1) is 0 Å². The molecule has 3 aromatic carbocycles. The van der Waals surface area contributed by atoms with E-state index < -0.39 is 0 Å². The van der Waals surface area contributed by atoms with Crippen molar-refractivity contribution in [1.29, 1.82) is 0 Å². The molecule has 1 heterocycles. The van der Waals surface area contributed by atoms with Gasteiger partial charge in [-0.3, -0.25) is 10.1 Å². The first kappa shape index (κ1) is 19.6. The number of para-hydroxylation sites is 2. The number of nitrogens with zero attached hydrogens (tertiary/aromatic N) is 1. The number of hydrogen-bond donors (Lipinski definition) is 3. The topological polar surface area (TPSA) is 87.4 Å². The van der Waals surface area contributed by atoms with Crippen molar-refractivity contribution in [3.63, 3.8) is 0 Å². The Balaban J connectivity index is 1.56. The third kappa shape index (κ3) is 4.01. The first-order chi connectivity index (χ1) is 14.4. The molecule has 0 aliphatic heterocycles. The summed E-state index contributed by atoms with van der Waals surface area (Å²) in [6, 6.07) is 18.0. The molecule has 0 atom stereocenters. The van der Waals surface area contributed by atoms with Crippen LogP contribution in [0.15, 0.2) is 65.1 Å². The number of fused-ring (bicyclic) bond motifs is 1. The number of aryl methyl sites for hydroxylation is 2. The van der Waals surface area contributed by atoms with E-state index in [0.717, 1.165) is 5.56 Å². The fourth-order valence-electron chi connectivity index (χ4n) is 3.04. The van der Waals surface area contributed by atoms with E-state index in [1.807, 2.05) is 43.3 Å². The standard InChI is InChI=1S/C23H19N3O3S/c1-13-7-9-15(10-8-13)21(28)26-23(30)24-16-11-14(2)20(27)17(12-16)22-25-18-5-3-4-6-19(18)29-22/h3-12,27H,1-2H3,(H2,24,26,28,30). The number of aromatic hydroxyl groups is 1. The fraction of sp³-hybridized carbons (Fsp3) is 0.0870. The molecule has 3 N–H and O–H groups in total. The van der Waals surface area contributed by atoms with Crippen LogP contribution in [-0.2, 0) is 0 Å². The van der Waals surface area contributed by atoms with Crippen molar-refractivity contribution in [2.24, 2.45) is 0 Å². The minimum Gasteiger partial charge on any atom is -0.507 e. The second-order valence-electron chi connectivity index (χ2n) is 6.95. The van der Waals surface area contributed by atoms with E-state index in [4.69, 9.17) is 16.6 Å². The molecule has 0 spiro atoms. The number of phenols is 1. The average Bonchev–Trinajstić information content (AvgIpc) is 3.15. The van der Waals surface area contributed by atoms with Gasteiger partial charge in [0.1, 0.15) is 11.3 Å². The molecule has 4 aromatic rings. The number of amides is 1. The Bertz CT molecular complexity index is 1230. The van der Waals surface area contributed by atoms with E-state index in [1.165, 1.54) is 0 Å². The van der Waals surface area contributed by atoms with Crippen LogP contribution in [-0.4, -0.2) is 21.1 Å². The summed E-state index contributed by atoms with van der Waals surface area (Å²) >= 11 is 5.28. The molecule has 0 saturated carbocycles. The van der Waals surface area contributed by atoms with Crippen molar-refractivity contribution in [1.82, 2.24) is 10.3 Å². The molecule has 0 aliphatic carbocycles. The van der Waals surface area contributed by atoms with Crippen LogP contribution in [0, 0.1) is 13.8 Å².